The van der Waals surface area contributed by atoms with Gasteiger partial charge >= 0.3 is 0 Å². The third kappa shape index (κ3) is 3.87. The molecule has 0 unspecified atom stereocenters. The van der Waals surface area contributed by atoms with Crippen LogP contribution in [0.25, 0.3) is 10.2 Å². The first kappa shape index (κ1) is 20.7. The minimum absolute atomic E-state index is 0.00342. The summed E-state index contributed by atoms with van der Waals surface area (Å²) < 4.78 is 2.07. The molecule has 0 radical (unpaired) electrons. The van der Waals surface area contributed by atoms with Gasteiger partial charge in [0, 0.05) is 30.6 Å². The molecule has 9 heteroatoms. The number of anilines is 1. The smallest absolute Gasteiger partial charge is 0.273 e. The van der Waals surface area contributed by atoms with Crippen LogP contribution in [0.1, 0.15) is 47.2 Å². The van der Waals surface area contributed by atoms with E-state index in [1.165, 1.54) is 11.3 Å². The molecule has 1 aliphatic heterocycles. The first-order valence-corrected chi connectivity index (χ1v) is 11.7. The first-order chi connectivity index (χ1) is 15.5. The fourth-order valence-corrected chi connectivity index (χ4v) is 5.09. The number of amides is 1. The third-order valence-corrected chi connectivity index (χ3v) is 6.98. The monoisotopic (exact) mass is 448 g/mol. The molecule has 1 atom stereocenters. The Hall–Kier alpha value is -3.22. The van der Waals surface area contributed by atoms with Crippen LogP contribution in [0.2, 0.25) is 0 Å². The predicted molar refractivity (Wildman–Crippen MR) is 124 cm³/mol. The molecule has 2 aromatic heterocycles. The van der Waals surface area contributed by atoms with Crippen molar-refractivity contribution in [2.45, 2.75) is 44.3 Å². The maximum Gasteiger partial charge on any atom is 0.273 e. The minimum atomic E-state index is -0.202. The number of aromatic nitrogens is 2. The molecule has 1 aliphatic carbocycles. The first-order valence-electron chi connectivity index (χ1n) is 10.9. The zero-order chi connectivity index (χ0) is 22.2. The van der Waals surface area contributed by atoms with Gasteiger partial charge < -0.3 is 16.0 Å². The normalized spacial score (nSPS) is 18.5. The molecule has 2 fully saturated rings. The molecular weight excluding hydrogens is 424 g/mol. The molecule has 1 saturated heterocycles. The number of nitrogens with one attached hydrogen (secondary N) is 1. The number of carbonyl (C=O) groups is 1. The molecule has 164 valence electrons. The number of piperidine rings is 1. The highest BCUT2D eigenvalue weighted by atomic mass is 32.1. The van der Waals surface area contributed by atoms with Crippen LogP contribution < -0.4 is 21.5 Å². The SMILES string of the molecule is N#Cc1ccccc1Cn1c(N2CCC[C@@H](N)C2)nc2c(C(=O)NC3CC3)csc2c1=O. The summed E-state index contributed by atoms with van der Waals surface area (Å²) in [4.78, 5) is 33.3. The van der Waals surface area contributed by atoms with Gasteiger partial charge in [0.05, 0.1) is 23.7 Å². The van der Waals surface area contributed by atoms with Crippen LogP contribution in [-0.4, -0.2) is 40.6 Å². The van der Waals surface area contributed by atoms with Gasteiger partial charge in [0.15, 0.2) is 0 Å². The summed E-state index contributed by atoms with van der Waals surface area (Å²) in [6, 6.07) is 9.68. The number of nitrogens with zero attached hydrogens (tertiary/aromatic N) is 4. The third-order valence-electron chi connectivity index (χ3n) is 6.02. The zero-order valence-corrected chi connectivity index (χ0v) is 18.4. The van der Waals surface area contributed by atoms with Gasteiger partial charge in [0.25, 0.3) is 11.5 Å². The fraction of sp³-hybridized carbons (Fsp3) is 0.391. The Balaban J connectivity index is 1.64. The average molecular weight is 449 g/mol. The summed E-state index contributed by atoms with van der Waals surface area (Å²) in [5, 5.41) is 14.2. The van der Waals surface area contributed by atoms with Crippen LogP contribution in [0.4, 0.5) is 5.95 Å². The Morgan fingerprint density at radius 2 is 2.12 bits per heavy atom. The lowest BCUT2D eigenvalue weighted by Crippen LogP contribution is -2.45. The predicted octanol–water partition coefficient (Wildman–Crippen LogP) is 2.20. The van der Waals surface area contributed by atoms with Gasteiger partial charge in [-0.2, -0.15) is 5.26 Å². The van der Waals surface area contributed by atoms with E-state index in [2.05, 4.69) is 11.4 Å². The Morgan fingerprint density at radius 1 is 1.31 bits per heavy atom. The number of nitrogens with two attached hydrogens (primary N) is 1. The van der Waals surface area contributed by atoms with Crippen LogP contribution >= 0.6 is 11.3 Å². The Bertz CT molecular complexity index is 1290. The van der Waals surface area contributed by atoms with Crippen molar-refractivity contribution in [3.63, 3.8) is 0 Å². The molecule has 0 bridgehead atoms. The Labute approximate surface area is 189 Å². The van der Waals surface area contributed by atoms with Crippen molar-refractivity contribution >= 4 is 33.4 Å². The largest absolute Gasteiger partial charge is 0.349 e. The summed E-state index contributed by atoms with van der Waals surface area (Å²) in [5.41, 5.74) is 8.18. The Kier molecular flexibility index (Phi) is 5.41. The highest BCUT2D eigenvalue weighted by Crippen LogP contribution is 2.28. The number of benzene rings is 1. The minimum Gasteiger partial charge on any atom is -0.349 e. The molecular formula is C23H24N6O2S. The van der Waals surface area contributed by atoms with Gasteiger partial charge in [-0.3, -0.25) is 14.2 Å². The van der Waals surface area contributed by atoms with Crippen molar-refractivity contribution in [1.82, 2.24) is 14.9 Å². The molecule has 3 aromatic rings. The number of fused-ring (bicyclic) bond motifs is 1. The van der Waals surface area contributed by atoms with E-state index in [-0.39, 0.29) is 30.1 Å². The number of hydrogen-bond acceptors (Lipinski definition) is 7. The van der Waals surface area contributed by atoms with Crippen molar-refractivity contribution in [3.05, 3.63) is 56.7 Å². The summed E-state index contributed by atoms with van der Waals surface area (Å²) in [5.74, 6) is 0.323. The van der Waals surface area contributed by atoms with E-state index < -0.39 is 0 Å². The zero-order valence-electron chi connectivity index (χ0n) is 17.6. The van der Waals surface area contributed by atoms with E-state index in [0.29, 0.717) is 33.8 Å². The number of rotatable bonds is 5. The summed E-state index contributed by atoms with van der Waals surface area (Å²) >= 11 is 1.24. The van der Waals surface area contributed by atoms with Gasteiger partial charge in [-0.1, -0.05) is 18.2 Å². The van der Waals surface area contributed by atoms with Crippen molar-refractivity contribution in [2.24, 2.45) is 5.73 Å². The van der Waals surface area contributed by atoms with E-state index in [1.807, 2.05) is 17.0 Å². The van der Waals surface area contributed by atoms with E-state index in [9.17, 15) is 14.9 Å². The van der Waals surface area contributed by atoms with Gasteiger partial charge in [-0.05, 0) is 37.3 Å². The second-order valence-corrected chi connectivity index (χ2v) is 9.37. The van der Waals surface area contributed by atoms with Crippen LogP contribution in [-0.2, 0) is 6.54 Å². The van der Waals surface area contributed by atoms with Crippen LogP contribution in [0.3, 0.4) is 0 Å². The van der Waals surface area contributed by atoms with Crippen LogP contribution in [0.5, 0.6) is 0 Å². The van der Waals surface area contributed by atoms with Crippen molar-refractivity contribution in [1.29, 1.82) is 5.26 Å². The lowest BCUT2D eigenvalue weighted by atomic mass is 10.1. The molecule has 8 nitrogen and oxygen atoms in total. The molecule has 5 rings (SSSR count). The van der Waals surface area contributed by atoms with E-state index >= 15 is 0 Å². The maximum atomic E-state index is 13.6. The molecule has 3 N–H and O–H groups in total. The quantitative estimate of drug-likeness (QED) is 0.618. The second-order valence-electron chi connectivity index (χ2n) is 8.50. The van der Waals surface area contributed by atoms with Gasteiger partial charge in [0.1, 0.15) is 10.2 Å². The van der Waals surface area contributed by atoms with E-state index in [1.54, 1.807) is 22.1 Å². The lowest BCUT2D eigenvalue weighted by molar-refractivity contribution is 0.0953. The summed E-state index contributed by atoms with van der Waals surface area (Å²) in [6.45, 7) is 1.55. The molecule has 1 amide bonds. The Morgan fingerprint density at radius 3 is 2.88 bits per heavy atom. The van der Waals surface area contributed by atoms with E-state index in [4.69, 9.17) is 10.7 Å². The van der Waals surface area contributed by atoms with Crippen LogP contribution in [0.15, 0.2) is 34.4 Å². The molecule has 32 heavy (non-hydrogen) atoms. The molecule has 0 spiro atoms. The summed E-state index contributed by atoms with van der Waals surface area (Å²) in [6.07, 6.45) is 3.81. The van der Waals surface area contributed by atoms with Crippen LogP contribution in [0, 0.1) is 11.3 Å². The number of hydrogen-bond donors (Lipinski definition) is 2. The van der Waals surface area contributed by atoms with E-state index in [0.717, 1.165) is 37.8 Å². The maximum absolute atomic E-state index is 13.6. The van der Waals surface area contributed by atoms with Crippen molar-refractivity contribution < 1.29 is 4.79 Å². The topological polar surface area (TPSA) is 117 Å². The van der Waals surface area contributed by atoms with Crippen molar-refractivity contribution in [3.8, 4) is 6.07 Å². The standard InChI is InChI=1S/C23H24N6O2S/c24-10-14-4-1-2-5-15(14)11-29-22(31)20-19(18(13-32-20)21(30)26-17-7-8-17)27-23(29)28-9-3-6-16(25)12-28/h1-2,4-5,13,16-17H,3,6-9,11-12,25H2,(H,26,30)/t16-/m1/s1. The lowest BCUT2D eigenvalue weighted by Gasteiger charge is -2.33. The molecule has 1 aromatic carbocycles. The fourth-order valence-electron chi connectivity index (χ4n) is 4.15. The number of thiophene rings is 1. The van der Waals surface area contributed by atoms with Gasteiger partial charge in [-0.25, -0.2) is 4.98 Å². The number of nitriles is 1. The highest BCUT2D eigenvalue weighted by Gasteiger charge is 2.28. The number of carbonyl (C=O) groups excluding carboxylic acids is 1. The molecule has 3 heterocycles. The second kappa shape index (κ2) is 8.37. The molecule has 2 aliphatic rings. The van der Waals surface area contributed by atoms with Crippen molar-refractivity contribution in [2.75, 3.05) is 18.0 Å². The average Bonchev–Trinajstić information content (AvgIpc) is 3.50. The van der Waals surface area contributed by atoms with Gasteiger partial charge in [-0.15, -0.1) is 11.3 Å². The highest BCUT2D eigenvalue weighted by molar-refractivity contribution is 7.17. The summed E-state index contributed by atoms with van der Waals surface area (Å²) in [7, 11) is 0. The van der Waals surface area contributed by atoms with Gasteiger partial charge in [0.2, 0.25) is 5.95 Å². The molecule has 1 saturated carbocycles.